The number of nitrogens with zero attached hydrogens (tertiary/aromatic N) is 2. The summed E-state index contributed by atoms with van der Waals surface area (Å²) in [4.78, 5) is 17.3. The zero-order chi connectivity index (χ0) is 16.5. The summed E-state index contributed by atoms with van der Waals surface area (Å²) >= 11 is 0. The molecule has 4 heteroatoms. The number of piperazine rings is 1. The highest BCUT2D eigenvalue weighted by Gasteiger charge is 2.49. The second-order valence-electron chi connectivity index (χ2n) is 7.55. The van der Waals surface area contributed by atoms with Crippen molar-refractivity contribution in [3.63, 3.8) is 0 Å². The molecule has 0 radical (unpaired) electrons. The van der Waals surface area contributed by atoms with Gasteiger partial charge < -0.3 is 14.5 Å². The van der Waals surface area contributed by atoms with Gasteiger partial charge in [-0.3, -0.25) is 4.79 Å². The average molecular weight is 328 g/mol. The Balaban J connectivity index is 1.30. The second-order valence-corrected chi connectivity index (χ2v) is 7.55. The predicted molar refractivity (Wildman–Crippen MR) is 95.1 cm³/mol. The van der Waals surface area contributed by atoms with Gasteiger partial charge in [0.1, 0.15) is 0 Å². The maximum atomic E-state index is 12.8. The minimum Gasteiger partial charge on any atom is -0.381 e. The topological polar surface area (TPSA) is 32.8 Å². The smallest absolute Gasteiger partial charge is 0.226 e. The molecule has 4 rings (SSSR count). The number of ether oxygens (including phenoxy) is 1. The van der Waals surface area contributed by atoms with E-state index in [1.54, 1.807) is 0 Å². The summed E-state index contributed by atoms with van der Waals surface area (Å²) in [6.07, 6.45) is 3.41. The van der Waals surface area contributed by atoms with Gasteiger partial charge >= 0.3 is 0 Å². The van der Waals surface area contributed by atoms with Crippen molar-refractivity contribution in [1.82, 2.24) is 4.90 Å². The molecule has 1 amide bonds. The van der Waals surface area contributed by atoms with Crippen molar-refractivity contribution in [3.8, 4) is 0 Å². The lowest BCUT2D eigenvalue weighted by molar-refractivity contribution is -0.133. The SMILES string of the molecule is Cc1ccccc1N1CCN(C(=O)[C@@H]2C[C@H]2C2CCOCC2)CC1. The third kappa shape index (κ3) is 3.16. The third-order valence-electron chi connectivity index (χ3n) is 6.08. The van der Waals surface area contributed by atoms with Crippen LogP contribution in [-0.4, -0.2) is 50.2 Å². The zero-order valence-electron chi connectivity index (χ0n) is 14.6. The molecule has 24 heavy (non-hydrogen) atoms. The summed E-state index contributed by atoms with van der Waals surface area (Å²) in [5.74, 6) is 2.07. The van der Waals surface area contributed by atoms with E-state index in [1.165, 1.54) is 11.3 Å². The van der Waals surface area contributed by atoms with Crippen molar-refractivity contribution in [2.75, 3.05) is 44.3 Å². The Labute approximate surface area is 144 Å². The number of benzene rings is 1. The van der Waals surface area contributed by atoms with Crippen molar-refractivity contribution < 1.29 is 9.53 Å². The first-order chi connectivity index (χ1) is 11.7. The number of anilines is 1. The standard InChI is InChI=1S/C20H28N2O2/c1-15-4-2-3-5-19(15)21-8-10-22(11-9-21)20(23)18-14-17(18)16-6-12-24-13-7-16/h2-5,16-18H,6-14H2,1H3/t17-,18+/m0/s1. The van der Waals surface area contributed by atoms with Crippen LogP contribution in [0, 0.1) is 24.7 Å². The van der Waals surface area contributed by atoms with Crippen LogP contribution in [-0.2, 0) is 9.53 Å². The molecule has 0 spiro atoms. The van der Waals surface area contributed by atoms with Crippen molar-refractivity contribution >= 4 is 11.6 Å². The number of hydrogen-bond acceptors (Lipinski definition) is 3. The van der Waals surface area contributed by atoms with Gasteiger partial charge in [0.25, 0.3) is 0 Å². The van der Waals surface area contributed by atoms with Crippen LogP contribution in [0.15, 0.2) is 24.3 Å². The average Bonchev–Trinajstić information content (AvgIpc) is 3.43. The summed E-state index contributed by atoms with van der Waals surface area (Å²) in [7, 11) is 0. The number of amides is 1. The maximum Gasteiger partial charge on any atom is 0.226 e. The van der Waals surface area contributed by atoms with Gasteiger partial charge in [-0.05, 0) is 49.7 Å². The van der Waals surface area contributed by atoms with Crippen LogP contribution in [0.25, 0.3) is 0 Å². The largest absolute Gasteiger partial charge is 0.381 e. The molecule has 2 atom stereocenters. The van der Waals surface area contributed by atoms with Crippen LogP contribution in [0.5, 0.6) is 0 Å². The lowest BCUT2D eigenvalue weighted by Crippen LogP contribution is -2.49. The van der Waals surface area contributed by atoms with E-state index in [0.29, 0.717) is 17.7 Å². The third-order valence-corrected chi connectivity index (χ3v) is 6.08. The van der Waals surface area contributed by atoms with Crippen LogP contribution in [0.3, 0.4) is 0 Å². The van der Waals surface area contributed by atoms with Crippen LogP contribution in [0.1, 0.15) is 24.8 Å². The Morgan fingerprint density at radius 2 is 1.79 bits per heavy atom. The minimum absolute atomic E-state index is 0.304. The lowest BCUT2D eigenvalue weighted by atomic mass is 9.93. The summed E-state index contributed by atoms with van der Waals surface area (Å²) < 4.78 is 5.45. The van der Waals surface area contributed by atoms with E-state index < -0.39 is 0 Å². The van der Waals surface area contributed by atoms with Crippen LogP contribution in [0.4, 0.5) is 5.69 Å². The van der Waals surface area contributed by atoms with Crippen molar-refractivity contribution in [2.45, 2.75) is 26.2 Å². The van der Waals surface area contributed by atoms with Crippen molar-refractivity contribution in [1.29, 1.82) is 0 Å². The zero-order valence-corrected chi connectivity index (χ0v) is 14.6. The fourth-order valence-electron chi connectivity index (χ4n) is 4.48. The van der Waals surface area contributed by atoms with Gasteiger partial charge in [-0.1, -0.05) is 18.2 Å². The molecule has 0 unspecified atom stereocenters. The number of aryl methyl sites for hydroxylation is 1. The Kier molecular flexibility index (Phi) is 4.49. The molecule has 3 fully saturated rings. The van der Waals surface area contributed by atoms with Gasteiger partial charge in [-0.2, -0.15) is 0 Å². The van der Waals surface area contributed by atoms with E-state index in [0.717, 1.165) is 64.6 Å². The Morgan fingerprint density at radius 3 is 2.50 bits per heavy atom. The van der Waals surface area contributed by atoms with E-state index in [1.807, 2.05) is 0 Å². The van der Waals surface area contributed by atoms with E-state index in [4.69, 9.17) is 4.74 Å². The molecule has 0 bridgehead atoms. The highest BCUT2D eigenvalue weighted by atomic mass is 16.5. The summed E-state index contributed by atoms with van der Waals surface area (Å²) in [5, 5.41) is 0. The fraction of sp³-hybridized carbons (Fsp3) is 0.650. The molecule has 1 aliphatic carbocycles. The van der Waals surface area contributed by atoms with Gasteiger partial charge in [0.2, 0.25) is 5.91 Å². The summed E-state index contributed by atoms with van der Waals surface area (Å²) in [6.45, 7) is 7.56. The Bertz CT molecular complexity index is 589. The lowest BCUT2D eigenvalue weighted by Gasteiger charge is -2.37. The predicted octanol–water partition coefficient (Wildman–Crippen LogP) is 2.71. The molecule has 2 aliphatic heterocycles. The molecule has 2 heterocycles. The van der Waals surface area contributed by atoms with E-state index >= 15 is 0 Å². The summed E-state index contributed by atoms with van der Waals surface area (Å²) in [5.41, 5.74) is 2.63. The molecular formula is C20H28N2O2. The van der Waals surface area contributed by atoms with Gasteiger partial charge in [-0.25, -0.2) is 0 Å². The number of hydrogen-bond donors (Lipinski definition) is 0. The maximum absolute atomic E-state index is 12.8. The molecule has 1 saturated carbocycles. The van der Waals surface area contributed by atoms with E-state index in [9.17, 15) is 4.79 Å². The van der Waals surface area contributed by atoms with Gasteiger partial charge in [0.15, 0.2) is 0 Å². The minimum atomic E-state index is 0.304. The monoisotopic (exact) mass is 328 g/mol. The molecule has 4 nitrogen and oxygen atoms in total. The van der Waals surface area contributed by atoms with Gasteiger partial charge in [0.05, 0.1) is 0 Å². The molecule has 1 aromatic rings. The van der Waals surface area contributed by atoms with Crippen LogP contribution in [0.2, 0.25) is 0 Å². The summed E-state index contributed by atoms with van der Waals surface area (Å²) in [6, 6.07) is 8.54. The first-order valence-corrected chi connectivity index (χ1v) is 9.41. The van der Waals surface area contributed by atoms with Crippen LogP contribution >= 0.6 is 0 Å². The second kappa shape index (κ2) is 6.75. The number of para-hydroxylation sites is 1. The Morgan fingerprint density at radius 1 is 1.08 bits per heavy atom. The molecule has 130 valence electrons. The molecule has 0 aromatic heterocycles. The first-order valence-electron chi connectivity index (χ1n) is 9.41. The molecule has 2 saturated heterocycles. The highest BCUT2D eigenvalue weighted by Crippen LogP contribution is 2.48. The number of carbonyl (C=O) groups is 1. The van der Waals surface area contributed by atoms with Crippen molar-refractivity contribution in [2.24, 2.45) is 17.8 Å². The normalized spacial score (nSPS) is 28.0. The molecule has 3 aliphatic rings. The van der Waals surface area contributed by atoms with Crippen LogP contribution < -0.4 is 4.90 Å². The van der Waals surface area contributed by atoms with E-state index in [2.05, 4.69) is 41.0 Å². The molecule has 0 N–H and O–H groups in total. The van der Waals surface area contributed by atoms with Crippen molar-refractivity contribution in [3.05, 3.63) is 29.8 Å². The van der Waals surface area contributed by atoms with Gasteiger partial charge in [-0.15, -0.1) is 0 Å². The molecular weight excluding hydrogens is 300 g/mol. The quantitative estimate of drug-likeness (QED) is 0.855. The fourth-order valence-corrected chi connectivity index (χ4v) is 4.48. The first kappa shape index (κ1) is 15.9. The van der Waals surface area contributed by atoms with E-state index in [-0.39, 0.29) is 0 Å². The van der Waals surface area contributed by atoms with Gasteiger partial charge in [0, 0.05) is 51.0 Å². The molecule has 1 aromatic carbocycles. The highest BCUT2D eigenvalue weighted by molar-refractivity contribution is 5.82. The number of rotatable bonds is 3. The number of carbonyl (C=O) groups excluding carboxylic acids is 1. The Hall–Kier alpha value is -1.55.